The number of rotatable bonds is 5. The van der Waals surface area contributed by atoms with E-state index in [2.05, 4.69) is 76.2 Å². The number of carbonyl (C=O) groups is 1. The number of carbonyl (C=O) groups excluding carboxylic acids is 1. The van der Waals surface area contributed by atoms with Gasteiger partial charge in [-0.2, -0.15) is 5.10 Å². The lowest BCUT2D eigenvalue weighted by Gasteiger charge is -2.43. The summed E-state index contributed by atoms with van der Waals surface area (Å²) >= 11 is 0. The number of anilines is 1. The summed E-state index contributed by atoms with van der Waals surface area (Å²) in [5.41, 5.74) is 6.26. The first kappa shape index (κ1) is 23.5. The highest BCUT2D eigenvalue weighted by atomic mass is 16.2. The number of piperidine rings is 1. The fourth-order valence-corrected chi connectivity index (χ4v) is 6.35. The third-order valence-electron chi connectivity index (χ3n) is 8.94. The molecule has 36 heavy (non-hydrogen) atoms. The molecule has 1 aliphatic carbocycles. The van der Waals surface area contributed by atoms with Gasteiger partial charge in [-0.15, -0.1) is 0 Å². The van der Waals surface area contributed by atoms with Crippen LogP contribution in [0.3, 0.4) is 0 Å². The first-order valence-corrected chi connectivity index (χ1v) is 14.0. The molecule has 3 aliphatic rings. The van der Waals surface area contributed by atoms with Crippen molar-refractivity contribution < 1.29 is 4.79 Å². The maximum atomic E-state index is 12.9. The van der Waals surface area contributed by atoms with E-state index >= 15 is 0 Å². The van der Waals surface area contributed by atoms with Crippen molar-refractivity contribution in [3.63, 3.8) is 0 Å². The van der Waals surface area contributed by atoms with Gasteiger partial charge in [0, 0.05) is 49.6 Å². The molecule has 0 radical (unpaired) electrons. The minimum absolute atomic E-state index is 0.228. The van der Waals surface area contributed by atoms with Crippen LogP contribution in [0.1, 0.15) is 57.4 Å². The average molecular weight is 486 g/mol. The van der Waals surface area contributed by atoms with Gasteiger partial charge in [0.25, 0.3) is 0 Å². The fourth-order valence-electron chi connectivity index (χ4n) is 6.35. The van der Waals surface area contributed by atoms with Gasteiger partial charge in [-0.3, -0.25) is 4.79 Å². The van der Waals surface area contributed by atoms with Crippen LogP contribution >= 0.6 is 0 Å². The van der Waals surface area contributed by atoms with Crippen LogP contribution in [0.5, 0.6) is 0 Å². The highest BCUT2D eigenvalue weighted by molar-refractivity contribution is 5.82. The van der Waals surface area contributed by atoms with E-state index in [-0.39, 0.29) is 12.0 Å². The Kier molecular flexibility index (Phi) is 6.46. The zero-order valence-corrected chi connectivity index (χ0v) is 21.8. The smallest absolute Gasteiger partial charge is 0.226 e. The number of hydrogen-bond donors (Lipinski definition) is 0. The first-order chi connectivity index (χ1) is 17.6. The largest absolute Gasteiger partial charge is 0.366 e. The molecule has 2 aliphatic heterocycles. The summed E-state index contributed by atoms with van der Waals surface area (Å²) in [6.45, 7) is 10.6. The van der Waals surface area contributed by atoms with Crippen molar-refractivity contribution in [2.45, 2.75) is 57.9 Å². The molecule has 1 atom stereocenters. The molecular weight excluding hydrogens is 446 g/mol. The summed E-state index contributed by atoms with van der Waals surface area (Å²) in [6.07, 6.45) is 9.91. The van der Waals surface area contributed by atoms with Crippen LogP contribution in [0, 0.1) is 5.92 Å². The van der Waals surface area contributed by atoms with Crippen LogP contribution in [0.4, 0.5) is 5.69 Å². The van der Waals surface area contributed by atoms with Gasteiger partial charge in [-0.1, -0.05) is 37.6 Å². The minimum atomic E-state index is 0.228. The Morgan fingerprint density at radius 3 is 2.42 bits per heavy atom. The number of aromatic nitrogens is 2. The number of hydrogen-bond acceptors (Lipinski definition) is 4. The Morgan fingerprint density at radius 1 is 0.972 bits per heavy atom. The Morgan fingerprint density at radius 2 is 1.75 bits per heavy atom. The predicted molar refractivity (Wildman–Crippen MR) is 145 cm³/mol. The molecule has 0 N–H and O–H groups in total. The Labute approximate surface area is 214 Å². The van der Waals surface area contributed by atoms with E-state index in [1.54, 1.807) is 0 Å². The number of piperazine rings is 1. The number of benzene rings is 1. The molecule has 2 saturated heterocycles. The molecule has 1 saturated carbocycles. The highest BCUT2D eigenvalue weighted by Crippen LogP contribution is 2.34. The van der Waals surface area contributed by atoms with Crippen LogP contribution in [-0.4, -0.2) is 70.6 Å². The number of amides is 1. The van der Waals surface area contributed by atoms with Gasteiger partial charge in [0.05, 0.1) is 11.2 Å². The molecule has 2 aromatic heterocycles. The van der Waals surface area contributed by atoms with Crippen molar-refractivity contribution in [3.8, 4) is 11.1 Å². The third kappa shape index (κ3) is 4.40. The number of fused-ring (bicyclic) bond motifs is 1. The summed E-state index contributed by atoms with van der Waals surface area (Å²) in [7, 11) is 0. The molecule has 0 bridgehead atoms. The molecule has 3 aromatic rings. The molecule has 190 valence electrons. The van der Waals surface area contributed by atoms with E-state index < -0.39 is 0 Å². The summed E-state index contributed by atoms with van der Waals surface area (Å²) in [5, 5.41) is 4.61. The molecular formula is C30H39N5O. The van der Waals surface area contributed by atoms with Crippen molar-refractivity contribution >= 4 is 17.1 Å². The van der Waals surface area contributed by atoms with Crippen molar-refractivity contribution in [1.82, 2.24) is 19.4 Å². The third-order valence-corrected chi connectivity index (χ3v) is 8.94. The molecule has 1 amide bonds. The Bertz CT molecular complexity index is 1210. The van der Waals surface area contributed by atoms with E-state index in [0.717, 1.165) is 44.5 Å². The van der Waals surface area contributed by atoms with E-state index in [1.807, 2.05) is 10.7 Å². The maximum absolute atomic E-state index is 12.9. The van der Waals surface area contributed by atoms with E-state index in [9.17, 15) is 4.79 Å². The quantitative estimate of drug-likeness (QED) is 0.508. The second kappa shape index (κ2) is 9.89. The summed E-state index contributed by atoms with van der Waals surface area (Å²) in [6, 6.07) is 13.9. The van der Waals surface area contributed by atoms with Crippen molar-refractivity contribution in [2.75, 3.05) is 44.2 Å². The van der Waals surface area contributed by atoms with Gasteiger partial charge in [-0.05, 0) is 81.4 Å². The standard InChI is InChI=1S/C30H39N5O/c1-3-32-15-12-25(13-16-32)23-7-9-24(10-8-23)27-19-29-28(11-14-31-35(29)21-27)33-17-18-34(22(2)20-33)30(36)26-5-4-6-26/h7-11,14,19,21-22,25-26H,3-6,12-13,15-18,20H2,1-2H3/t22-/m1/s1. The average Bonchev–Trinajstić information content (AvgIpc) is 3.32. The van der Waals surface area contributed by atoms with Crippen molar-refractivity contribution in [2.24, 2.45) is 5.92 Å². The predicted octanol–water partition coefficient (Wildman–Crippen LogP) is 5.04. The van der Waals surface area contributed by atoms with Crippen LogP contribution in [0.15, 0.2) is 48.8 Å². The fraction of sp³-hybridized carbons (Fsp3) is 0.533. The molecule has 0 spiro atoms. The van der Waals surface area contributed by atoms with Gasteiger partial charge in [0.2, 0.25) is 5.91 Å². The Balaban J connectivity index is 1.18. The molecule has 6 heteroatoms. The second-order valence-electron chi connectivity index (χ2n) is 11.1. The molecule has 6 nitrogen and oxygen atoms in total. The van der Waals surface area contributed by atoms with Crippen LogP contribution in [-0.2, 0) is 4.79 Å². The van der Waals surface area contributed by atoms with E-state index in [0.29, 0.717) is 11.8 Å². The SMILES string of the molecule is CCN1CCC(c2ccc(-c3cc4c(N5CCN(C(=O)C6CCC6)[C@H](C)C5)ccnn4c3)cc2)CC1. The van der Waals surface area contributed by atoms with E-state index in [4.69, 9.17) is 0 Å². The zero-order valence-electron chi connectivity index (χ0n) is 21.8. The lowest BCUT2D eigenvalue weighted by Crippen LogP contribution is -2.56. The molecule has 0 unspecified atom stereocenters. The minimum Gasteiger partial charge on any atom is -0.366 e. The summed E-state index contributed by atoms with van der Waals surface area (Å²) in [4.78, 5) is 20.0. The second-order valence-corrected chi connectivity index (χ2v) is 11.1. The summed E-state index contributed by atoms with van der Waals surface area (Å²) < 4.78 is 2.01. The summed E-state index contributed by atoms with van der Waals surface area (Å²) in [5.74, 6) is 1.33. The van der Waals surface area contributed by atoms with Crippen LogP contribution in [0.25, 0.3) is 16.6 Å². The van der Waals surface area contributed by atoms with Crippen LogP contribution in [0.2, 0.25) is 0 Å². The normalized spacial score (nSPS) is 22.2. The van der Waals surface area contributed by atoms with E-state index in [1.165, 1.54) is 54.7 Å². The monoisotopic (exact) mass is 485 g/mol. The number of likely N-dealkylation sites (tertiary alicyclic amines) is 1. The van der Waals surface area contributed by atoms with Crippen molar-refractivity contribution in [3.05, 3.63) is 54.4 Å². The molecule has 1 aromatic carbocycles. The topological polar surface area (TPSA) is 44.1 Å². The van der Waals surface area contributed by atoms with Gasteiger partial charge in [0.1, 0.15) is 0 Å². The first-order valence-electron chi connectivity index (χ1n) is 14.0. The lowest BCUT2D eigenvalue weighted by atomic mass is 9.84. The number of nitrogens with zero attached hydrogens (tertiary/aromatic N) is 5. The molecule has 6 rings (SSSR count). The van der Waals surface area contributed by atoms with Crippen molar-refractivity contribution in [1.29, 1.82) is 0 Å². The van der Waals surface area contributed by atoms with Gasteiger partial charge >= 0.3 is 0 Å². The Hall–Kier alpha value is -2.86. The molecule has 3 fully saturated rings. The van der Waals surface area contributed by atoms with Gasteiger partial charge in [-0.25, -0.2) is 4.52 Å². The van der Waals surface area contributed by atoms with Crippen LogP contribution < -0.4 is 4.90 Å². The van der Waals surface area contributed by atoms with Gasteiger partial charge in [0.15, 0.2) is 0 Å². The highest BCUT2D eigenvalue weighted by Gasteiger charge is 2.34. The zero-order chi connectivity index (χ0) is 24.6. The van der Waals surface area contributed by atoms with Gasteiger partial charge < -0.3 is 14.7 Å². The molecule has 4 heterocycles. The lowest BCUT2D eigenvalue weighted by molar-refractivity contribution is -0.140. The maximum Gasteiger partial charge on any atom is 0.226 e.